The highest BCUT2D eigenvalue weighted by Gasteiger charge is 2.38. The van der Waals surface area contributed by atoms with Crippen LogP contribution < -0.4 is 5.73 Å². The molecule has 0 spiro atoms. The average Bonchev–Trinajstić information content (AvgIpc) is 3.19. The summed E-state index contributed by atoms with van der Waals surface area (Å²) in [5.41, 5.74) is 6.72. The van der Waals surface area contributed by atoms with E-state index in [-0.39, 0.29) is 34.2 Å². The van der Waals surface area contributed by atoms with Crippen LogP contribution in [0.1, 0.15) is 27.7 Å². The van der Waals surface area contributed by atoms with E-state index < -0.39 is 17.9 Å². The molecule has 0 amide bonds. The van der Waals surface area contributed by atoms with Gasteiger partial charge in [0.15, 0.2) is 5.76 Å². The maximum Gasteiger partial charge on any atom is 0.343 e. The molecular formula is C17H11ClFN3O3. The van der Waals surface area contributed by atoms with Gasteiger partial charge in [0.2, 0.25) is 5.95 Å². The lowest BCUT2D eigenvalue weighted by molar-refractivity contribution is 0.0381. The number of carbonyl (C=O) groups excluding carboxylic acids is 1. The largest absolute Gasteiger partial charge is 0.463 e. The van der Waals surface area contributed by atoms with Crippen molar-refractivity contribution in [3.63, 3.8) is 0 Å². The maximum absolute atomic E-state index is 14.1. The Morgan fingerprint density at radius 1 is 1.24 bits per heavy atom. The number of halogens is 2. The summed E-state index contributed by atoms with van der Waals surface area (Å²) in [6.45, 7) is 0. The van der Waals surface area contributed by atoms with Crippen molar-refractivity contribution in [3.05, 3.63) is 64.3 Å². The van der Waals surface area contributed by atoms with Crippen molar-refractivity contribution in [2.24, 2.45) is 0 Å². The first-order valence-corrected chi connectivity index (χ1v) is 7.77. The first-order valence-electron chi connectivity index (χ1n) is 7.39. The van der Waals surface area contributed by atoms with Gasteiger partial charge in [-0.05, 0) is 24.3 Å². The van der Waals surface area contributed by atoms with E-state index in [4.69, 9.17) is 26.5 Å². The Balaban J connectivity index is 1.80. The third-order valence-corrected chi connectivity index (χ3v) is 4.27. The van der Waals surface area contributed by atoms with Crippen LogP contribution in [0.5, 0.6) is 0 Å². The van der Waals surface area contributed by atoms with Crippen molar-refractivity contribution in [1.82, 2.24) is 9.97 Å². The van der Waals surface area contributed by atoms with E-state index in [1.165, 1.54) is 18.4 Å². The monoisotopic (exact) mass is 359 g/mol. The summed E-state index contributed by atoms with van der Waals surface area (Å²) in [6, 6.07) is 7.68. The molecule has 1 unspecified atom stereocenters. The van der Waals surface area contributed by atoms with Crippen molar-refractivity contribution in [2.45, 2.75) is 12.5 Å². The molecule has 1 atom stereocenters. The predicted octanol–water partition coefficient (Wildman–Crippen LogP) is 3.57. The smallest absolute Gasteiger partial charge is 0.343 e. The highest BCUT2D eigenvalue weighted by Crippen LogP contribution is 2.38. The lowest BCUT2D eigenvalue weighted by Crippen LogP contribution is -2.08. The van der Waals surface area contributed by atoms with Crippen molar-refractivity contribution in [1.29, 1.82) is 0 Å². The first-order chi connectivity index (χ1) is 12.0. The van der Waals surface area contributed by atoms with E-state index >= 15 is 0 Å². The fourth-order valence-electron chi connectivity index (χ4n) is 2.82. The molecule has 1 aliphatic rings. The first kappa shape index (κ1) is 15.6. The molecule has 0 bridgehead atoms. The second-order valence-corrected chi connectivity index (χ2v) is 5.87. The molecule has 25 heavy (non-hydrogen) atoms. The molecule has 3 heterocycles. The zero-order valence-electron chi connectivity index (χ0n) is 12.7. The number of ether oxygens (including phenoxy) is 1. The van der Waals surface area contributed by atoms with E-state index in [0.717, 1.165) is 0 Å². The van der Waals surface area contributed by atoms with Gasteiger partial charge in [0.25, 0.3) is 0 Å². The number of hydrogen-bond acceptors (Lipinski definition) is 6. The molecule has 2 aromatic heterocycles. The van der Waals surface area contributed by atoms with Gasteiger partial charge in [-0.2, -0.15) is 0 Å². The summed E-state index contributed by atoms with van der Waals surface area (Å²) in [5.74, 6) is -0.760. The number of benzene rings is 1. The molecule has 8 heteroatoms. The summed E-state index contributed by atoms with van der Waals surface area (Å²) >= 11 is 6.06. The molecule has 0 radical (unpaired) electrons. The highest BCUT2D eigenvalue weighted by atomic mass is 35.5. The molecule has 6 nitrogen and oxygen atoms in total. The van der Waals surface area contributed by atoms with Gasteiger partial charge in [-0.1, -0.05) is 17.7 Å². The number of carbonyl (C=O) groups is 1. The Hall–Kier alpha value is -2.93. The lowest BCUT2D eigenvalue weighted by Gasteiger charge is -2.12. The van der Waals surface area contributed by atoms with Crippen molar-refractivity contribution in [2.75, 3.05) is 5.73 Å². The Morgan fingerprint density at radius 2 is 2.08 bits per heavy atom. The summed E-state index contributed by atoms with van der Waals surface area (Å²) in [5, 5.41) is 0.248. The minimum absolute atomic E-state index is 0.0342. The molecule has 0 saturated carbocycles. The van der Waals surface area contributed by atoms with Crippen LogP contribution in [-0.2, 0) is 11.2 Å². The summed E-state index contributed by atoms with van der Waals surface area (Å²) in [4.78, 5) is 20.6. The molecule has 0 aliphatic carbocycles. The topological polar surface area (TPSA) is 91.2 Å². The summed E-state index contributed by atoms with van der Waals surface area (Å²) < 4.78 is 24.7. The van der Waals surface area contributed by atoms with E-state index in [0.29, 0.717) is 11.5 Å². The van der Waals surface area contributed by atoms with Crippen LogP contribution in [0.15, 0.2) is 41.0 Å². The zero-order chi connectivity index (χ0) is 17.6. The van der Waals surface area contributed by atoms with Gasteiger partial charge >= 0.3 is 5.97 Å². The molecule has 1 aromatic carbocycles. The number of aromatic nitrogens is 2. The van der Waals surface area contributed by atoms with Gasteiger partial charge in [0, 0.05) is 17.0 Å². The molecule has 0 saturated heterocycles. The lowest BCUT2D eigenvalue weighted by atomic mass is 10.0. The Kier molecular flexibility index (Phi) is 3.65. The van der Waals surface area contributed by atoms with Crippen molar-refractivity contribution < 1.29 is 18.3 Å². The number of cyclic esters (lactones) is 1. The molecule has 126 valence electrons. The zero-order valence-corrected chi connectivity index (χ0v) is 13.5. The summed E-state index contributed by atoms with van der Waals surface area (Å²) in [7, 11) is 0. The number of rotatable bonds is 3. The van der Waals surface area contributed by atoms with Crippen LogP contribution in [0.4, 0.5) is 10.3 Å². The quantitative estimate of drug-likeness (QED) is 0.719. The SMILES string of the molecule is Nc1nc(-c2ccco2)c2c(n1)C(Cc1c(F)cccc1Cl)OC2=O. The third-order valence-electron chi connectivity index (χ3n) is 3.92. The van der Waals surface area contributed by atoms with E-state index in [9.17, 15) is 9.18 Å². The fraction of sp³-hybridized carbons (Fsp3) is 0.118. The summed E-state index contributed by atoms with van der Waals surface area (Å²) in [6.07, 6.45) is 0.686. The normalized spacial score (nSPS) is 15.9. The van der Waals surface area contributed by atoms with Gasteiger partial charge in [0.1, 0.15) is 28.9 Å². The maximum atomic E-state index is 14.1. The second kappa shape index (κ2) is 5.86. The van der Waals surface area contributed by atoms with Crippen molar-refractivity contribution in [3.8, 4) is 11.5 Å². The minimum atomic E-state index is -0.809. The number of furan rings is 1. The standard InChI is InChI=1S/C17H11ClFN3O3/c18-9-3-1-4-10(19)8(9)7-12-15-13(16(23)25-12)14(21-17(20)22-15)11-5-2-6-24-11/h1-6,12H,7H2,(H2,20,21,22). The highest BCUT2D eigenvalue weighted by molar-refractivity contribution is 6.31. The Bertz CT molecular complexity index is 955. The number of anilines is 1. The van der Waals surface area contributed by atoms with Gasteiger partial charge in [0.05, 0.1) is 6.26 Å². The van der Waals surface area contributed by atoms with E-state index in [2.05, 4.69) is 9.97 Å². The van der Waals surface area contributed by atoms with Crippen LogP contribution in [0, 0.1) is 5.82 Å². The fourth-order valence-corrected chi connectivity index (χ4v) is 3.06. The molecule has 3 aromatic rings. The number of hydrogen-bond donors (Lipinski definition) is 1. The van der Waals surface area contributed by atoms with Crippen LogP contribution >= 0.6 is 11.6 Å². The second-order valence-electron chi connectivity index (χ2n) is 5.47. The van der Waals surface area contributed by atoms with Crippen LogP contribution in [-0.4, -0.2) is 15.9 Å². The number of nitrogens with two attached hydrogens (primary N) is 1. The molecule has 0 fully saturated rings. The van der Waals surface area contributed by atoms with E-state index in [1.54, 1.807) is 18.2 Å². The van der Waals surface area contributed by atoms with Gasteiger partial charge in [-0.15, -0.1) is 0 Å². The number of nitrogens with zero attached hydrogens (tertiary/aromatic N) is 2. The number of fused-ring (bicyclic) bond motifs is 1. The number of esters is 1. The Labute approximate surface area is 146 Å². The third kappa shape index (κ3) is 2.62. The molecule has 1 aliphatic heterocycles. The number of nitrogen functional groups attached to an aromatic ring is 1. The molecule has 2 N–H and O–H groups in total. The van der Waals surface area contributed by atoms with Crippen LogP contribution in [0.3, 0.4) is 0 Å². The predicted molar refractivity (Wildman–Crippen MR) is 87.4 cm³/mol. The van der Waals surface area contributed by atoms with Crippen LogP contribution in [0.25, 0.3) is 11.5 Å². The van der Waals surface area contributed by atoms with Gasteiger partial charge in [-0.3, -0.25) is 0 Å². The van der Waals surface area contributed by atoms with Gasteiger partial charge < -0.3 is 14.9 Å². The average molecular weight is 360 g/mol. The van der Waals surface area contributed by atoms with Crippen LogP contribution in [0.2, 0.25) is 5.02 Å². The minimum Gasteiger partial charge on any atom is -0.463 e. The van der Waals surface area contributed by atoms with E-state index in [1.807, 2.05) is 0 Å². The Morgan fingerprint density at radius 3 is 2.80 bits per heavy atom. The van der Waals surface area contributed by atoms with Crippen molar-refractivity contribution >= 4 is 23.5 Å². The molecular weight excluding hydrogens is 349 g/mol. The molecule has 4 rings (SSSR count). The van der Waals surface area contributed by atoms with Gasteiger partial charge in [-0.25, -0.2) is 19.2 Å².